The summed E-state index contributed by atoms with van der Waals surface area (Å²) in [4.78, 5) is 27.8. The van der Waals surface area contributed by atoms with Crippen molar-refractivity contribution in [3.8, 4) is 0 Å². The number of pyridine rings is 2. The molecule has 0 saturated carbocycles. The third kappa shape index (κ3) is 2.38. The molecule has 0 atom stereocenters. The van der Waals surface area contributed by atoms with E-state index in [0.717, 1.165) is 21.9 Å². The van der Waals surface area contributed by atoms with Crippen LogP contribution in [0.3, 0.4) is 0 Å². The third-order valence-electron chi connectivity index (χ3n) is 3.67. The summed E-state index contributed by atoms with van der Waals surface area (Å²) in [5.41, 5.74) is 2.83. The Balaban J connectivity index is 1.79. The lowest BCUT2D eigenvalue weighted by Gasteiger charge is -1.97. The van der Waals surface area contributed by atoms with Crippen LogP contribution in [0.25, 0.3) is 21.8 Å². The molecule has 1 N–H and O–H groups in total. The lowest BCUT2D eigenvalue weighted by Crippen LogP contribution is -2.00. The highest BCUT2D eigenvalue weighted by Crippen LogP contribution is 2.26. The molecule has 0 unspecified atom stereocenters. The van der Waals surface area contributed by atoms with Crippen molar-refractivity contribution >= 4 is 33.9 Å². The van der Waals surface area contributed by atoms with Crippen molar-refractivity contribution in [3.63, 3.8) is 0 Å². The van der Waals surface area contributed by atoms with E-state index in [4.69, 9.17) is 0 Å². The molecule has 0 radical (unpaired) electrons. The van der Waals surface area contributed by atoms with Crippen LogP contribution in [0.2, 0.25) is 0 Å². The minimum absolute atomic E-state index is 0.323. The Hall–Kier alpha value is -3.34. The molecule has 1 amide bonds. The van der Waals surface area contributed by atoms with E-state index in [1.54, 1.807) is 30.7 Å². The Morgan fingerprint density at radius 3 is 2.70 bits per heavy atom. The summed E-state index contributed by atoms with van der Waals surface area (Å²) in [6, 6.07) is 13.4. The summed E-state index contributed by atoms with van der Waals surface area (Å²) in [5, 5.41) is 2.04. The Bertz CT molecular complexity index is 1030. The predicted molar refractivity (Wildman–Crippen MR) is 89.8 cm³/mol. The number of H-pyrrole nitrogens is 1. The van der Waals surface area contributed by atoms with Gasteiger partial charge in [-0.15, -0.1) is 0 Å². The maximum atomic E-state index is 12.4. The molecule has 23 heavy (non-hydrogen) atoms. The van der Waals surface area contributed by atoms with Crippen LogP contribution in [0, 0.1) is 0 Å². The van der Waals surface area contributed by atoms with Crippen molar-refractivity contribution in [1.29, 1.82) is 0 Å². The zero-order chi connectivity index (χ0) is 15.6. The number of carbonyl (C=O) groups is 1. The van der Waals surface area contributed by atoms with Gasteiger partial charge < -0.3 is 4.98 Å². The molecular formula is C18H12N4O. The van der Waals surface area contributed by atoms with Gasteiger partial charge in [-0.05, 0) is 29.8 Å². The van der Waals surface area contributed by atoms with E-state index in [9.17, 15) is 4.79 Å². The van der Waals surface area contributed by atoms with E-state index >= 15 is 0 Å². The number of nitrogens with zero attached hydrogens (tertiary/aromatic N) is 3. The smallest absolute Gasteiger partial charge is 0.297 e. The normalized spacial score (nSPS) is 11.5. The number of benzene rings is 1. The number of aromatic amines is 1. The van der Waals surface area contributed by atoms with Gasteiger partial charge >= 0.3 is 0 Å². The molecule has 3 aromatic heterocycles. The van der Waals surface area contributed by atoms with E-state index in [2.05, 4.69) is 19.9 Å². The molecule has 4 aromatic rings. The van der Waals surface area contributed by atoms with Crippen LogP contribution >= 0.6 is 0 Å². The van der Waals surface area contributed by atoms with Crippen LogP contribution in [-0.2, 0) is 0 Å². The molecule has 5 nitrogen and oxygen atoms in total. The summed E-state index contributed by atoms with van der Waals surface area (Å²) >= 11 is 0. The Labute approximate surface area is 131 Å². The number of hydrogen-bond donors (Lipinski definition) is 1. The molecule has 0 aliphatic heterocycles. The van der Waals surface area contributed by atoms with Crippen LogP contribution < -0.4 is 0 Å². The molecule has 0 spiro atoms. The number of rotatable bonds is 2. The van der Waals surface area contributed by atoms with Gasteiger partial charge in [0.05, 0.1) is 5.52 Å². The molecule has 0 bridgehead atoms. The van der Waals surface area contributed by atoms with Gasteiger partial charge in [-0.2, -0.15) is 0 Å². The third-order valence-corrected chi connectivity index (χ3v) is 3.67. The van der Waals surface area contributed by atoms with Crippen LogP contribution in [0.1, 0.15) is 16.1 Å². The fourth-order valence-electron chi connectivity index (χ4n) is 2.58. The maximum Gasteiger partial charge on any atom is 0.297 e. The monoisotopic (exact) mass is 300 g/mol. The molecule has 0 aliphatic rings. The quantitative estimate of drug-likeness (QED) is 0.577. The Kier molecular flexibility index (Phi) is 3.16. The summed E-state index contributed by atoms with van der Waals surface area (Å²) in [5.74, 6) is -0.376. The average molecular weight is 300 g/mol. The van der Waals surface area contributed by atoms with Gasteiger partial charge in [0.15, 0.2) is 5.69 Å². The van der Waals surface area contributed by atoms with E-state index in [1.807, 2.05) is 30.3 Å². The lowest BCUT2D eigenvalue weighted by atomic mass is 10.1. The molecule has 4 rings (SSSR count). The number of fused-ring (bicyclic) bond motifs is 3. The van der Waals surface area contributed by atoms with Crippen LogP contribution in [0.4, 0.5) is 0 Å². The molecule has 0 saturated heterocycles. The zero-order valence-electron chi connectivity index (χ0n) is 12.1. The summed E-state index contributed by atoms with van der Waals surface area (Å²) < 4.78 is 0. The number of aliphatic imine (C=N–C) groups is 1. The largest absolute Gasteiger partial charge is 0.353 e. The second kappa shape index (κ2) is 5.46. The number of carbonyl (C=O) groups excluding carboxylic acids is 1. The van der Waals surface area contributed by atoms with Crippen molar-refractivity contribution in [2.24, 2.45) is 4.99 Å². The van der Waals surface area contributed by atoms with Crippen molar-refractivity contribution in [1.82, 2.24) is 15.0 Å². The number of nitrogens with one attached hydrogen (secondary N) is 1. The molecule has 110 valence electrons. The average Bonchev–Trinajstić information content (AvgIpc) is 2.99. The molecule has 1 aromatic carbocycles. The van der Waals surface area contributed by atoms with Gasteiger partial charge in [0.1, 0.15) is 0 Å². The highest BCUT2D eigenvalue weighted by atomic mass is 16.1. The fraction of sp³-hybridized carbons (Fsp3) is 0. The van der Waals surface area contributed by atoms with Gasteiger partial charge in [-0.1, -0.05) is 18.2 Å². The van der Waals surface area contributed by atoms with Crippen molar-refractivity contribution < 1.29 is 4.79 Å². The minimum Gasteiger partial charge on any atom is -0.353 e. The summed E-state index contributed by atoms with van der Waals surface area (Å²) in [7, 11) is 0. The molecular weight excluding hydrogens is 288 g/mol. The van der Waals surface area contributed by atoms with E-state index in [0.29, 0.717) is 11.2 Å². The summed E-state index contributed by atoms with van der Waals surface area (Å²) in [6.45, 7) is 0. The number of amides is 1. The van der Waals surface area contributed by atoms with E-state index < -0.39 is 0 Å². The van der Waals surface area contributed by atoms with E-state index in [-0.39, 0.29) is 5.91 Å². The molecule has 3 heterocycles. The number of hydrogen-bond acceptors (Lipinski definition) is 3. The second-order valence-electron chi connectivity index (χ2n) is 5.10. The molecule has 5 heteroatoms. The van der Waals surface area contributed by atoms with Gasteiger partial charge in [0.2, 0.25) is 0 Å². The van der Waals surface area contributed by atoms with Gasteiger partial charge in [0, 0.05) is 41.1 Å². The van der Waals surface area contributed by atoms with Gasteiger partial charge in [-0.3, -0.25) is 9.78 Å². The standard InChI is InChI=1S/C18H12N4O/c23-18(21-11-12-5-8-19-9-6-12)17-16-14(7-10-20-17)13-3-1-2-4-15(13)22-16/h1-11,22H. The van der Waals surface area contributed by atoms with Crippen LogP contribution in [0.15, 0.2) is 66.0 Å². The minimum atomic E-state index is -0.376. The Morgan fingerprint density at radius 1 is 1.00 bits per heavy atom. The van der Waals surface area contributed by atoms with Crippen molar-refractivity contribution in [2.75, 3.05) is 0 Å². The first-order valence-electron chi connectivity index (χ1n) is 7.17. The highest BCUT2D eigenvalue weighted by molar-refractivity contribution is 6.15. The van der Waals surface area contributed by atoms with Crippen molar-refractivity contribution in [2.45, 2.75) is 0 Å². The summed E-state index contributed by atoms with van der Waals surface area (Å²) in [6.07, 6.45) is 6.47. The zero-order valence-corrected chi connectivity index (χ0v) is 12.1. The SMILES string of the molecule is O=C(N=Cc1ccncc1)c1nccc2c1[nH]c1ccccc12. The lowest BCUT2D eigenvalue weighted by molar-refractivity contribution is 0.100. The first-order chi connectivity index (χ1) is 11.3. The van der Waals surface area contributed by atoms with Gasteiger partial charge in [-0.25, -0.2) is 9.98 Å². The first-order valence-corrected chi connectivity index (χ1v) is 7.17. The van der Waals surface area contributed by atoms with Crippen molar-refractivity contribution in [3.05, 3.63) is 72.3 Å². The topological polar surface area (TPSA) is 71.0 Å². The highest BCUT2D eigenvalue weighted by Gasteiger charge is 2.14. The van der Waals surface area contributed by atoms with Gasteiger partial charge in [0.25, 0.3) is 5.91 Å². The number of para-hydroxylation sites is 1. The van der Waals surface area contributed by atoms with Crippen LogP contribution in [-0.4, -0.2) is 27.1 Å². The second-order valence-corrected chi connectivity index (χ2v) is 5.10. The maximum absolute atomic E-state index is 12.4. The predicted octanol–water partition coefficient (Wildman–Crippen LogP) is 3.37. The first kappa shape index (κ1) is 13.3. The van der Waals surface area contributed by atoms with Crippen LogP contribution in [0.5, 0.6) is 0 Å². The Morgan fingerprint density at radius 2 is 1.83 bits per heavy atom. The fourth-order valence-corrected chi connectivity index (χ4v) is 2.58. The number of aromatic nitrogens is 3. The van der Waals surface area contributed by atoms with E-state index in [1.165, 1.54) is 6.21 Å². The molecule has 0 fully saturated rings. The molecule has 0 aliphatic carbocycles.